The summed E-state index contributed by atoms with van der Waals surface area (Å²) in [6.07, 6.45) is 6.17. The van der Waals surface area contributed by atoms with Gasteiger partial charge in [0, 0.05) is 25.0 Å². The average molecular weight is 289 g/mol. The summed E-state index contributed by atoms with van der Waals surface area (Å²) >= 11 is 0. The van der Waals surface area contributed by atoms with E-state index in [0.29, 0.717) is 12.1 Å². The number of hydrogen-bond acceptors (Lipinski definition) is 3. The van der Waals surface area contributed by atoms with Crippen molar-refractivity contribution in [1.82, 2.24) is 24.9 Å². The Balaban J connectivity index is 2.03. The van der Waals surface area contributed by atoms with Crippen molar-refractivity contribution >= 4 is 0 Å². The molecule has 21 heavy (non-hydrogen) atoms. The largest absolute Gasteiger partial charge is 0.309 e. The Hall–Kier alpha value is -1.62. The van der Waals surface area contributed by atoms with Gasteiger partial charge in [-0.2, -0.15) is 10.2 Å². The summed E-state index contributed by atoms with van der Waals surface area (Å²) in [4.78, 5) is 0. The van der Waals surface area contributed by atoms with Crippen LogP contribution in [0.3, 0.4) is 0 Å². The van der Waals surface area contributed by atoms with Crippen LogP contribution < -0.4 is 5.32 Å². The van der Waals surface area contributed by atoms with Crippen molar-refractivity contribution < 1.29 is 0 Å². The summed E-state index contributed by atoms with van der Waals surface area (Å²) in [5.41, 5.74) is 2.26. The minimum Gasteiger partial charge on any atom is -0.309 e. The van der Waals surface area contributed by atoms with Gasteiger partial charge in [0.1, 0.15) is 0 Å². The molecule has 0 bridgehead atoms. The molecule has 0 saturated heterocycles. The maximum absolute atomic E-state index is 4.70. The molecule has 0 atom stereocenters. The van der Waals surface area contributed by atoms with Crippen molar-refractivity contribution in [3.63, 3.8) is 0 Å². The molecule has 116 valence electrons. The van der Waals surface area contributed by atoms with Crippen LogP contribution in [0.2, 0.25) is 0 Å². The Kier molecular flexibility index (Phi) is 5.56. The molecule has 0 unspecified atom stereocenters. The van der Waals surface area contributed by atoms with E-state index in [9.17, 15) is 0 Å². The van der Waals surface area contributed by atoms with Gasteiger partial charge < -0.3 is 5.32 Å². The lowest BCUT2D eigenvalue weighted by Crippen LogP contribution is -2.24. The van der Waals surface area contributed by atoms with E-state index in [1.165, 1.54) is 5.69 Å². The third-order valence-corrected chi connectivity index (χ3v) is 3.79. The topological polar surface area (TPSA) is 47.7 Å². The predicted octanol–water partition coefficient (Wildman–Crippen LogP) is 2.99. The number of hydrogen-bond donors (Lipinski definition) is 1. The summed E-state index contributed by atoms with van der Waals surface area (Å²) < 4.78 is 4.11. The first-order chi connectivity index (χ1) is 10.1. The third-order valence-electron chi connectivity index (χ3n) is 3.79. The van der Waals surface area contributed by atoms with Gasteiger partial charge in [0.05, 0.1) is 24.0 Å². The first kappa shape index (κ1) is 15.8. The first-order valence-electron chi connectivity index (χ1n) is 7.92. The maximum atomic E-state index is 4.70. The minimum atomic E-state index is 0.474. The molecule has 0 spiro atoms. The number of nitrogens with one attached hydrogen (secondary N) is 1. The zero-order chi connectivity index (χ0) is 15.2. The first-order valence-corrected chi connectivity index (χ1v) is 7.92. The van der Waals surface area contributed by atoms with Crippen LogP contribution in [0.1, 0.15) is 58.0 Å². The van der Waals surface area contributed by atoms with Crippen molar-refractivity contribution in [3.05, 3.63) is 35.9 Å². The molecule has 2 aromatic rings. The zero-order valence-corrected chi connectivity index (χ0v) is 13.6. The Labute approximate surface area is 127 Å². The van der Waals surface area contributed by atoms with E-state index >= 15 is 0 Å². The SMILES string of the molecule is CCC(CC)n1ccc(Cn2nccc2CNC(C)C)n1. The van der Waals surface area contributed by atoms with Crippen LogP contribution in [0.5, 0.6) is 0 Å². The van der Waals surface area contributed by atoms with Crippen LogP contribution in [0.25, 0.3) is 0 Å². The highest BCUT2D eigenvalue weighted by molar-refractivity contribution is 5.06. The van der Waals surface area contributed by atoms with Crippen LogP contribution in [0.15, 0.2) is 24.5 Å². The van der Waals surface area contributed by atoms with Crippen LogP contribution >= 0.6 is 0 Å². The number of rotatable bonds is 8. The molecule has 2 rings (SSSR count). The molecule has 0 aliphatic carbocycles. The molecule has 0 aromatic carbocycles. The van der Waals surface area contributed by atoms with Gasteiger partial charge in [-0.25, -0.2) is 0 Å². The van der Waals surface area contributed by atoms with E-state index in [1.807, 2.05) is 10.9 Å². The normalized spacial score (nSPS) is 11.7. The Morgan fingerprint density at radius 2 is 1.95 bits per heavy atom. The second kappa shape index (κ2) is 7.41. The molecule has 5 nitrogen and oxygen atoms in total. The molecule has 0 radical (unpaired) electrons. The van der Waals surface area contributed by atoms with Gasteiger partial charge in [-0.3, -0.25) is 9.36 Å². The quantitative estimate of drug-likeness (QED) is 0.812. The zero-order valence-electron chi connectivity index (χ0n) is 13.6. The van der Waals surface area contributed by atoms with Crippen molar-refractivity contribution in [3.8, 4) is 0 Å². The Morgan fingerprint density at radius 1 is 1.19 bits per heavy atom. The highest BCUT2D eigenvalue weighted by Crippen LogP contribution is 2.15. The number of nitrogens with zero attached hydrogens (tertiary/aromatic N) is 4. The second-order valence-electron chi connectivity index (χ2n) is 5.77. The van der Waals surface area contributed by atoms with Gasteiger partial charge in [-0.1, -0.05) is 27.7 Å². The molecule has 0 aliphatic heterocycles. The van der Waals surface area contributed by atoms with Crippen molar-refractivity contribution in [2.45, 2.75) is 65.7 Å². The Morgan fingerprint density at radius 3 is 2.62 bits per heavy atom. The predicted molar refractivity (Wildman–Crippen MR) is 85.2 cm³/mol. The van der Waals surface area contributed by atoms with Crippen LogP contribution in [-0.2, 0) is 13.1 Å². The minimum absolute atomic E-state index is 0.474. The van der Waals surface area contributed by atoms with E-state index in [4.69, 9.17) is 5.10 Å². The van der Waals surface area contributed by atoms with E-state index in [2.05, 4.69) is 61.1 Å². The van der Waals surface area contributed by atoms with Crippen molar-refractivity contribution in [1.29, 1.82) is 0 Å². The van der Waals surface area contributed by atoms with Crippen LogP contribution in [-0.4, -0.2) is 25.6 Å². The fourth-order valence-corrected chi connectivity index (χ4v) is 2.44. The number of aromatic nitrogens is 4. The molecular weight excluding hydrogens is 262 g/mol. The molecule has 5 heteroatoms. The summed E-state index contributed by atoms with van der Waals surface area (Å²) in [7, 11) is 0. The third kappa shape index (κ3) is 4.17. The fourth-order valence-electron chi connectivity index (χ4n) is 2.44. The Bertz CT molecular complexity index is 536. The molecule has 1 N–H and O–H groups in total. The molecule has 0 amide bonds. The van der Waals surface area contributed by atoms with E-state index in [0.717, 1.165) is 31.6 Å². The molecule has 2 heterocycles. The van der Waals surface area contributed by atoms with Gasteiger partial charge in [0.25, 0.3) is 0 Å². The monoisotopic (exact) mass is 289 g/mol. The van der Waals surface area contributed by atoms with Crippen molar-refractivity contribution in [2.75, 3.05) is 0 Å². The van der Waals surface area contributed by atoms with Gasteiger partial charge >= 0.3 is 0 Å². The van der Waals surface area contributed by atoms with Crippen molar-refractivity contribution in [2.24, 2.45) is 0 Å². The maximum Gasteiger partial charge on any atom is 0.0853 e. The highest BCUT2D eigenvalue weighted by Gasteiger charge is 2.10. The average Bonchev–Trinajstić information content (AvgIpc) is 3.08. The molecular formula is C16H27N5. The fraction of sp³-hybridized carbons (Fsp3) is 0.625. The second-order valence-corrected chi connectivity index (χ2v) is 5.77. The standard InChI is InChI=1S/C16H27N5/c1-5-15(6-2)20-10-8-14(19-20)12-21-16(7-9-18-21)11-17-13(3)4/h7-10,13,15,17H,5-6,11-12H2,1-4H3. The smallest absolute Gasteiger partial charge is 0.0853 e. The lowest BCUT2D eigenvalue weighted by Gasteiger charge is -2.12. The van der Waals surface area contributed by atoms with E-state index < -0.39 is 0 Å². The summed E-state index contributed by atoms with van der Waals surface area (Å²) in [5.74, 6) is 0. The highest BCUT2D eigenvalue weighted by atomic mass is 15.3. The van der Waals surface area contributed by atoms with Gasteiger partial charge in [0.2, 0.25) is 0 Å². The van der Waals surface area contributed by atoms with Gasteiger partial charge in [-0.05, 0) is 25.0 Å². The molecule has 0 aliphatic rings. The van der Waals surface area contributed by atoms with E-state index in [1.54, 1.807) is 0 Å². The molecule has 0 saturated carbocycles. The van der Waals surface area contributed by atoms with Crippen LogP contribution in [0, 0.1) is 0 Å². The summed E-state index contributed by atoms with van der Waals surface area (Å²) in [6.45, 7) is 10.3. The molecule has 0 fully saturated rings. The van der Waals surface area contributed by atoms with Gasteiger partial charge in [-0.15, -0.1) is 0 Å². The summed E-state index contributed by atoms with van der Waals surface area (Å²) in [6, 6.07) is 5.13. The van der Waals surface area contributed by atoms with Gasteiger partial charge in [0.15, 0.2) is 0 Å². The lowest BCUT2D eigenvalue weighted by atomic mass is 10.2. The van der Waals surface area contributed by atoms with E-state index in [-0.39, 0.29) is 0 Å². The van der Waals surface area contributed by atoms with Crippen LogP contribution in [0.4, 0.5) is 0 Å². The lowest BCUT2D eigenvalue weighted by molar-refractivity contribution is 0.423. The summed E-state index contributed by atoms with van der Waals surface area (Å²) in [5, 5.41) is 12.5. The molecule has 2 aromatic heterocycles.